The highest BCUT2D eigenvalue weighted by molar-refractivity contribution is 5.99. The van der Waals surface area contributed by atoms with Gasteiger partial charge in [-0.2, -0.15) is 0 Å². The number of ketones is 1. The molecule has 0 radical (unpaired) electrons. The van der Waals surface area contributed by atoms with E-state index in [0.717, 1.165) is 5.56 Å². The second-order valence-corrected chi connectivity index (χ2v) is 4.22. The van der Waals surface area contributed by atoms with Gasteiger partial charge in [0.1, 0.15) is 0 Å². The summed E-state index contributed by atoms with van der Waals surface area (Å²) in [5.74, 6) is -1.68. The Hall–Kier alpha value is -2.43. The summed E-state index contributed by atoms with van der Waals surface area (Å²) in [5.41, 5.74) is 1.44. The van der Waals surface area contributed by atoms with Gasteiger partial charge in [0.05, 0.1) is 13.5 Å². The molecule has 0 fully saturated rings. The Bertz CT molecular complexity index is 528. The van der Waals surface area contributed by atoms with Crippen LogP contribution in [0.15, 0.2) is 36.4 Å². The number of aryl methyl sites for hydroxylation is 1. The van der Waals surface area contributed by atoms with Crippen molar-refractivity contribution in [3.63, 3.8) is 0 Å². The van der Waals surface area contributed by atoms with E-state index in [4.69, 9.17) is 4.74 Å². The highest BCUT2D eigenvalue weighted by Crippen LogP contribution is 2.06. The number of benzene rings is 1. The van der Waals surface area contributed by atoms with Gasteiger partial charge in [-0.1, -0.05) is 36.4 Å². The topological polar surface area (TPSA) is 69.7 Å². The van der Waals surface area contributed by atoms with Crippen molar-refractivity contribution in [3.05, 3.63) is 47.5 Å². The molecule has 0 saturated carbocycles. The van der Waals surface area contributed by atoms with Crippen molar-refractivity contribution >= 4 is 17.7 Å². The molecule has 1 aromatic carbocycles. The first kappa shape index (κ1) is 15.6. The van der Waals surface area contributed by atoms with E-state index in [9.17, 15) is 14.4 Å². The van der Waals surface area contributed by atoms with Crippen LogP contribution >= 0.6 is 0 Å². The zero-order chi connectivity index (χ0) is 15.1. The quantitative estimate of drug-likeness (QED) is 0.450. The van der Waals surface area contributed by atoms with Gasteiger partial charge in [-0.05, 0) is 6.92 Å². The van der Waals surface area contributed by atoms with Crippen molar-refractivity contribution in [3.8, 4) is 0 Å². The van der Waals surface area contributed by atoms with Crippen molar-refractivity contribution in [1.82, 2.24) is 0 Å². The minimum Gasteiger partial charge on any atom is -0.469 e. The number of hydrogen-bond acceptors (Lipinski definition) is 5. The van der Waals surface area contributed by atoms with Crippen LogP contribution in [0.25, 0.3) is 0 Å². The summed E-state index contributed by atoms with van der Waals surface area (Å²) >= 11 is 0. The lowest BCUT2D eigenvalue weighted by molar-refractivity contribution is -0.143. The molecule has 0 bridgehead atoms. The first-order valence-corrected chi connectivity index (χ1v) is 5.95. The molecular weight excluding hydrogens is 260 g/mol. The number of ether oxygens (including phenoxy) is 2. The lowest BCUT2D eigenvalue weighted by Crippen LogP contribution is -2.17. The second-order valence-electron chi connectivity index (χ2n) is 4.22. The van der Waals surface area contributed by atoms with Crippen molar-refractivity contribution < 1.29 is 23.9 Å². The number of carbonyl (C=O) groups excluding carboxylic acids is 3. The maximum Gasteiger partial charge on any atom is 0.334 e. The molecule has 0 aliphatic carbocycles. The van der Waals surface area contributed by atoms with E-state index < -0.39 is 11.9 Å². The summed E-state index contributed by atoms with van der Waals surface area (Å²) in [7, 11) is 1.21. The van der Waals surface area contributed by atoms with Gasteiger partial charge in [-0.25, -0.2) is 4.79 Å². The van der Waals surface area contributed by atoms with Gasteiger partial charge >= 0.3 is 11.9 Å². The second kappa shape index (κ2) is 7.23. The summed E-state index contributed by atoms with van der Waals surface area (Å²) in [6.45, 7) is 4.94. The van der Waals surface area contributed by atoms with Gasteiger partial charge in [-0.3, -0.25) is 9.59 Å². The Labute approximate surface area is 117 Å². The van der Waals surface area contributed by atoms with Gasteiger partial charge in [-0.15, -0.1) is 0 Å². The zero-order valence-electron chi connectivity index (χ0n) is 11.5. The minimum absolute atomic E-state index is 0.0476. The third kappa shape index (κ3) is 4.68. The predicted molar refractivity (Wildman–Crippen MR) is 72.2 cm³/mol. The molecule has 0 aromatic heterocycles. The fourth-order valence-electron chi connectivity index (χ4n) is 1.37. The molecule has 5 heteroatoms. The van der Waals surface area contributed by atoms with Gasteiger partial charge < -0.3 is 9.47 Å². The molecule has 1 rings (SSSR count). The van der Waals surface area contributed by atoms with Gasteiger partial charge in [0.2, 0.25) is 0 Å². The van der Waals surface area contributed by atoms with E-state index >= 15 is 0 Å². The van der Waals surface area contributed by atoms with Gasteiger partial charge in [0, 0.05) is 11.1 Å². The predicted octanol–water partition coefficient (Wildman–Crippen LogP) is 1.84. The standard InChI is InChI=1S/C15H16O5/c1-10-4-6-12(7-5-10)13(16)9-20-15(18)11(2)8-14(17)19-3/h4-7H,2,8-9H2,1,3H3. The maximum atomic E-state index is 11.8. The molecule has 0 aliphatic rings. The van der Waals surface area contributed by atoms with Crippen LogP contribution in [0.3, 0.4) is 0 Å². The molecule has 0 spiro atoms. The highest BCUT2D eigenvalue weighted by atomic mass is 16.5. The maximum absolute atomic E-state index is 11.8. The van der Waals surface area contributed by atoms with E-state index in [1.807, 2.05) is 6.92 Å². The van der Waals surface area contributed by atoms with Crippen LogP contribution in [-0.4, -0.2) is 31.4 Å². The van der Waals surface area contributed by atoms with E-state index in [0.29, 0.717) is 5.56 Å². The van der Waals surface area contributed by atoms with E-state index in [-0.39, 0.29) is 24.4 Å². The molecule has 0 heterocycles. The summed E-state index contributed by atoms with van der Waals surface area (Å²) < 4.78 is 9.20. The molecule has 0 saturated heterocycles. The molecule has 0 N–H and O–H groups in total. The first-order valence-electron chi connectivity index (χ1n) is 5.95. The smallest absolute Gasteiger partial charge is 0.334 e. The van der Waals surface area contributed by atoms with Crippen LogP contribution in [0.2, 0.25) is 0 Å². The fraction of sp³-hybridized carbons (Fsp3) is 0.267. The molecule has 106 valence electrons. The summed E-state index contributed by atoms with van der Waals surface area (Å²) in [6, 6.07) is 6.92. The number of carbonyl (C=O) groups is 3. The Balaban J connectivity index is 2.48. The number of esters is 2. The fourth-order valence-corrected chi connectivity index (χ4v) is 1.37. The van der Waals surface area contributed by atoms with Gasteiger partial charge in [0.25, 0.3) is 0 Å². The Morgan fingerprint density at radius 1 is 1.15 bits per heavy atom. The highest BCUT2D eigenvalue weighted by Gasteiger charge is 2.15. The summed E-state index contributed by atoms with van der Waals surface area (Å²) in [6.07, 6.45) is -0.256. The molecule has 20 heavy (non-hydrogen) atoms. The average molecular weight is 276 g/mol. The minimum atomic E-state index is -0.782. The van der Waals surface area contributed by atoms with Crippen molar-refractivity contribution in [2.45, 2.75) is 13.3 Å². The van der Waals surface area contributed by atoms with Crippen LogP contribution in [-0.2, 0) is 19.1 Å². The van der Waals surface area contributed by atoms with Crippen LogP contribution < -0.4 is 0 Å². The SMILES string of the molecule is C=C(CC(=O)OC)C(=O)OCC(=O)c1ccc(C)cc1. The lowest BCUT2D eigenvalue weighted by atomic mass is 10.1. The third-order valence-electron chi connectivity index (χ3n) is 2.58. The van der Waals surface area contributed by atoms with E-state index in [1.165, 1.54) is 7.11 Å². The number of hydrogen-bond donors (Lipinski definition) is 0. The molecule has 0 unspecified atom stereocenters. The van der Waals surface area contributed by atoms with Crippen LogP contribution in [0.4, 0.5) is 0 Å². The van der Waals surface area contributed by atoms with Crippen molar-refractivity contribution in [1.29, 1.82) is 0 Å². The lowest BCUT2D eigenvalue weighted by Gasteiger charge is -2.06. The number of rotatable bonds is 6. The normalized spacial score (nSPS) is 9.70. The molecule has 5 nitrogen and oxygen atoms in total. The molecule has 0 aliphatic heterocycles. The molecular formula is C15H16O5. The van der Waals surface area contributed by atoms with Gasteiger partial charge in [0.15, 0.2) is 12.4 Å². The monoisotopic (exact) mass is 276 g/mol. The first-order chi connectivity index (χ1) is 9.43. The Morgan fingerprint density at radius 3 is 2.30 bits per heavy atom. The van der Waals surface area contributed by atoms with Crippen LogP contribution in [0, 0.1) is 6.92 Å². The van der Waals surface area contributed by atoms with Crippen molar-refractivity contribution in [2.24, 2.45) is 0 Å². The number of Topliss-reactive ketones (excluding diaryl/α,β-unsaturated/α-hetero) is 1. The van der Waals surface area contributed by atoms with E-state index in [2.05, 4.69) is 11.3 Å². The average Bonchev–Trinajstić information content (AvgIpc) is 2.44. The summed E-state index contributed by atoms with van der Waals surface area (Å²) in [5, 5.41) is 0. The zero-order valence-corrected chi connectivity index (χ0v) is 11.5. The van der Waals surface area contributed by atoms with E-state index in [1.54, 1.807) is 24.3 Å². The Kier molecular flexibility index (Phi) is 5.65. The number of methoxy groups -OCH3 is 1. The van der Waals surface area contributed by atoms with Crippen LogP contribution in [0.5, 0.6) is 0 Å². The largest absolute Gasteiger partial charge is 0.469 e. The summed E-state index contributed by atoms with van der Waals surface area (Å²) in [4.78, 5) is 34.2. The molecule has 1 aromatic rings. The molecule has 0 amide bonds. The Morgan fingerprint density at radius 2 is 1.75 bits per heavy atom. The van der Waals surface area contributed by atoms with Crippen molar-refractivity contribution in [2.75, 3.05) is 13.7 Å². The third-order valence-corrected chi connectivity index (χ3v) is 2.58. The molecule has 0 atom stereocenters. The van der Waals surface area contributed by atoms with Crippen LogP contribution in [0.1, 0.15) is 22.3 Å².